The predicted molar refractivity (Wildman–Crippen MR) is 78.5 cm³/mol. The van der Waals surface area contributed by atoms with Crippen LogP contribution in [0.1, 0.15) is 20.3 Å². The van der Waals surface area contributed by atoms with E-state index < -0.39 is 17.5 Å². The zero-order valence-electron chi connectivity index (χ0n) is 12.0. The van der Waals surface area contributed by atoms with Gasteiger partial charge in [-0.3, -0.25) is 9.59 Å². The fourth-order valence-electron chi connectivity index (χ4n) is 2.36. The summed E-state index contributed by atoms with van der Waals surface area (Å²) >= 11 is 5.99. The van der Waals surface area contributed by atoms with E-state index in [9.17, 15) is 14.7 Å². The highest BCUT2D eigenvalue weighted by Crippen LogP contribution is 2.31. The van der Waals surface area contributed by atoms with Crippen LogP contribution in [0, 0.1) is 5.41 Å². The molecule has 0 radical (unpaired) electrons. The number of halogens is 1. The molecule has 2 rings (SSSR count). The van der Waals surface area contributed by atoms with Crippen LogP contribution in [-0.4, -0.2) is 41.1 Å². The third-order valence-corrected chi connectivity index (χ3v) is 4.10. The number of carboxylic acid groups (broad SMARTS) is 1. The van der Waals surface area contributed by atoms with Gasteiger partial charge >= 0.3 is 5.97 Å². The van der Waals surface area contributed by atoms with E-state index in [1.807, 2.05) is 0 Å². The first-order chi connectivity index (χ1) is 9.83. The molecule has 1 aliphatic heterocycles. The van der Waals surface area contributed by atoms with Crippen molar-refractivity contribution in [3.8, 4) is 5.75 Å². The molecule has 1 heterocycles. The average Bonchev–Trinajstić information content (AvgIpc) is 2.84. The van der Waals surface area contributed by atoms with Crippen LogP contribution in [0.3, 0.4) is 0 Å². The van der Waals surface area contributed by atoms with Gasteiger partial charge in [-0.15, -0.1) is 0 Å². The summed E-state index contributed by atoms with van der Waals surface area (Å²) in [6, 6.07) is 6.93. The van der Waals surface area contributed by atoms with Crippen LogP contribution in [0.5, 0.6) is 5.75 Å². The van der Waals surface area contributed by atoms with Crippen molar-refractivity contribution in [1.82, 2.24) is 4.90 Å². The number of aliphatic carboxylic acids is 1. The van der Waals surface area contributed by atoms with Gasteiger partial charge in [0.25, 0.3) is 5.91 Å². The molecule has 1 amide bonds. The molecule has 1 N–H and O–H groups in total. The maximum atomic E-state index is 12.3. The summed E-state index contributed by atoms with van der Waals surface area (Å²) in [7, 11) is 0. The van der Waals surface area contributed by atoms with E-state index in [1.165, 1.54) is 4.90 Å². The van der Waals surface area contributed by atoms with Crippen LogP contribution < -0.4 is 4.74 Å². The molecular weight excluding hydrogens is 294 g/mol. The number of amides is 1. The minimum absolute atomic E-state index is 0.206. The van der Waals surface area contributed by atoms with Crippen LogP contribution >= 0.6 is 11.6 Å². The molecule has 0 saturated carbocycles. The number of ether oxygens (including phenoxy) is 1. The fraction of sp³-hybridized carbons (Fsp3) is 0.467. The second kappa shape index (κ2) is 5.93. The van der Waals surface area contributed by atoms with E-state index in [-0.39, 0.29) is 12.5 Å². The summed E-state index contributed by atoms with van der Waals surface area (Å²) in [4.78, 5) is 25.1. The summed E-state index contributed by atoms with van der Waals surface area (Å²) in [5.41, 5.74) is -0.875. The van der Waals surface area contributed by atoms with Crippen molar-refractivity contribution >= 4 is 23.5 Å². The summed E-state index contributed by atoms with van der Waals surface area (Å²) in [5.74, 6) is -0.655. The van der Waals surface area contributed by atoms with Gasteiger partial charge < -0.3 is 14.7 Å². The molecule has 1 aromatic rings. The van der Waals surface area contributed by atoms with Gasteiger partial charge in [-0.1, -0.05) is 23.7 Å². The summed E-state index contributed by atoms with van der Waals surface area (Å²) in [5, 5.41) is 9.63. The number of carbonyl (C=O) groups excluding carboxylic acids is 1. The average molecular weight is 312 g/mol. The topological polar surface area (TPSA) is 66.8 Å². The van der Waals surface area contributed by atoms with Gasteiger partial charge in [0.1, 0.15) is 5.75 Å². The molecule has 0 spiro atoms. The molecular formula is C15H18ClNO4. The van der Waals surface area contributed by atoms with Crippen LogP contribution in [0.2, 0.25) is 5.02 Å². The monoisotopic (exact) mass is 311 g/mol. The number of benzene rings is 1. The lowest BCUT2D eigenvalue weighted by molar-refractivity contribution is -0.147. The molecule has 0 aliphatic carbocycles. The van der Waals surface area contributed by atoms with Gasteiger partial charge in [0, 0.05) is 13.1 Å². The van der Waals surface area contributed by atoms with Crippen LogP contribution in [-0.2, 0) is 9.59 Å². The number of nitrogens with zero attached hydrogens (tertiary/aromatic N) is 1. The van der Waals surface area contributed by atoms with Gasteiger partial charge in [-0.25, -0.2) is 0 Å². The second-order valence-electron chi connectivity index (χ2n) is 5.57. The largest absolute Gasteiger partial charge is 0.481 e. The van der Waals surface area contributed by atoms with E-state index in [4.69, 9.17) is 16.3 Å². The molecule has 0 bridgehead atoms. The van der Waals surface area contributed by atoms with Gasteiger partial charge in [0.05, 0.1) is 10.4 Å². The Morgan fingerprint density at radius 2 is 2.10 bits per heavy atom. The number of rotatable bonds is 4. The first kappa shape index (κ1) is 15.6. The second-order valence-corrected chi connectivity index (χ2v) is 5.97. The highest BCUT2D eigenvalue weighted by Gasteiger charge is 2.43. The minimum Gasteiger partial charge on any atom is -0.481 e. The van der Waals surface area contributed by atoms with Crippen molar-refractivity contribution in [2.45, 2.75) is 26.4 Å². The number of hydrogen-bond donors (Lipinski definition) is 1. The van der Waals surface area contributed by atoms with Crippen LogP contribution in [0.15, 0.2) is 24.3 Å². The zero-order valence-corrected chi connectivity index (χ0v) is 12.8. The summed E-state index contributed by atoms with van der Waals surface area (Å²) in [6.07, 6.45) is -0.256. The Morgan fingerprint density at radius 1 is 1.43 bits per heavy atom. The molecule has 0 aromatic heterocycles. The lowest BCUT2D eigenvalue weighted by Gasteiger charge is -2.23. The SMILES string of the molecule is CC(Oc1ccccc1Cl)C(=O)N1CCC(C)(C(=O)O)C1. The van der Waals surface area contributed by atoms with Crippen molar-refractivity contribution in [2.75, 3.05) is 13.1 Å². The van der Waals surface area contributed by atoms with E-state index >= 15 is 0 Å². The normalized spacial score (nSPS) is 22.9. The zero-order chi connectivity index (χ0) is 15.6. The minimum atomic E-state index is -0.877. The van der Waals surface area contributed by atoms with E-state index in [2.05, 4.69) is 0 Å². The Bertz CT molecular complexity index is 562. The highest BCUT2D eigenvalue weighted by molar-refractivity contribution is 6.32. The molecule has 1 saturated heterocycles. The molecule has 6 heteroatoms. The van der Waals surface area contributed by atoms with E-state index in [0.29, 0.717) is 23.7 Å². The number of para-hydroxylation sites is 1. The summed E-state index contributed by atoms with van der Waals surface area (Å²) < 4.78 is 5.58. The van der Waals surface area contributed by atoms with Gasteiger partial charge in [-0.05, 0) is 32.4 Å². The van der Waals surface area contributed by atoms with Crippen LogP contribution in [0.25, 0.3) is 0 Å². The van der Waals surface area contributed by atoms with Gasteiger partial charge in [-0.2, -0.15) is 0 Å². The maximum absolute atomic E-state index is 12.3. The third kappa shape index (κ3) is 3.29. The smallest absolute Gasteiger partial charge is 0.311 e. The van der Waals surface area contributed by atoms with Crippen molar-refractivity contribution < 1.29 is 19.4 Å². The fourth-order valence-corrected chi connectivity index (χ4v) is 2.54. The number of likely N-dealkylation sites (tertiary alicyclic amines) is 1. The summed E-state index contributed by atoms with van der Waals surface area (Å²) in [6.45, 7) is 3.93. The molecule has 21 heavy (non-hydrogen) atoms. The molecule has 1 aromatic carbocycles. The van der Waals surface area contributed by atoms with Gasteiger partial charge in [0.15, 0.2) is 6.10 Å². The van der Waals surface area contributed by atoms with Crippen LogP contribution in [0.4, 0.5) is 0 Å². The lowest BCUT2D eigenvalue weighted by atomic mass is 9.90. The number of carboxylic acids is 1. The Kier molecular flexibility index (Phi) is 4.42. The lowest BCUT2D eigenvalue weighted by Crippen LogP contribution is -2.41. The number of hydrogen-bond acceptors (Lipinski definition) is 3. The predicted octanol–water partition coefficient (Wildman–Crippen LogP) is 2.43. The third-order valence-electron chi connectivity index (χ3n) is 3.79. The Labute approximate surface area is 128 Å². The van der Waals surface area contributed by atoms with Crippen molar-refractivity contribution in [1.29, 1.82) is 0 Å². The quantitative estimate of drug-likeness (QED) is 0.927. The Hall–Kier alpha value is -1.75. The van der Waals surface area contributed by atoms with Gasteiger partial charge in [0.2, 0.25) is 0 Å². The molecule has 2 unspecified atom stereocenters. The van der Waals surface area contributed by atoms with E-state index in [1.54, 1.807) is 38.1 Å². The Morgan fingerprint density at radius 3 is 2.67 bits per heavy atom. The molecule has 1 fully saturated rings. The molecule has 1 aliphatic rings. The highest BCUT2D eigenvalue weighted by atomic mass is 35.5. The van der Waals surface area contributed by atoms with E-state index in [0.717, 1.165) is 0 Å². The molecule has 2 atom stereocenters. The molecule has 5 nitrogen and oxygen atoms in total. The van der Waals surface area contributed by atoms with Crippen molar-refractivity contribution in [2.24, 2.45) is 5.41 Å². The first-order valence-electron chi connectivity index (χ1n) is 6.77. The Balaban J connectivity index is 2.01. The first-order valence-corrected chi connectivity index (χ1v) is 7.15. The standard InChI is InChI=1S/C15H18ClNO4/c1-10(21-12-6-4-3-5-11(12)16)13(18)17-8-7-15(2,9-17)14(19)20/h3-6,10H,7-9H2,1-2H3,(H,19,20). The van der Waals surface area contributed by atoms with Crippen molar-refractivity contribution in [3.05, 3.63) is 29.3 Å². The molecule has 114 valence electrons. The maximum Gasteiger partial charge on any atom is 0.311 e. The van der Waals surface area contributed by atoms with Crippen molar-refractivity contribution in [3.63, 3.8) is 0 Å². The number of carbonyl (C=O) groups is 2.